The molecule has 6 nitrogen and oxygen atoms in total. The van der Waals surface area contributed by atoms with E-state index in [9.17, 15) is 14.4 Å². The molecule has 3 amide bonds. The van der Waals surface area contributed by atoms with Crippen molar-refractivity contribution in [2.75, 3.05) is 11.9 Å². The zero-order chi connectivity index (χ0) is 17.6. The summed E-state index contributed by atoms with van der Waals surface area (Å²) in [7, 11) is 0. The first-order chi connectivity index (χ1) is 12.0. The predicted molar refractivity (Wildman–Crippen MR) is 98.1 cm³/mol. The van der Waals surface area contributed by atoms with Crippen LogP contribution in [0.5, 0.6) is 0 Å². The van der Waals surface area contributed by atoms with E-state index in [0.717, 1.165) is 45.3 Å². The molecule has 2 aromatic rings. The number of carbonyl (C=O) groups excluding carboxylic acids is 3. The number of likely N-dealkylation sites (tertiary alicyclic amines) is 1. The molecule has 2 atom stereocenters. The van der Waals surface area contributed by atoms with Gasteiger partial charge < -0.3 is 5.32 Å². The van der Waals surface area contributed by atoms with Gasteiger partial charge in [0.05, 0.1) is 22.1 Å². The molecule has 0 bridgehead atoms. The molecule has 1 aromatic heterocycles. The molecule has 4 rings (SSSR count). The number of benzene rings is 1. The molecule has 2 heterocycles. The number of nitrogens with one attached hydrogen (secondary N) is 1. The van der Waals surface area contributed by atoms with Crippen LogP contribution in [0, 0.1) is 11.8 Å². The summed E-state index contributed by atoms with van der Waals surface area (Å²) < 4.78 is 1.89. The zero-order valence-electron chi connectivity index (χ0n) is 13.3. The first-order valence-electron chi connectivity index (χ1n) is 8.24. The number of thiazole rings is 1. The molecule has 25 heavy (non-hydrogen) atoms. The summed E-state index contributed by atoms with van der Waals surface area (Å²) in [5, 5.41) is 3.17. The number of aromatic nitrogens is 1. The molecule has 0 spiro atoms. The third-order valence-corrected chi connectivity index (χ3v) is 6.26. The van der Waals surface area contributed by atoms with Crippen molar-refractivity contribution in [2.45, 2.75) is 25.7 Å². The lowest BCUT2D eigenvalue weighted by Gasteiger charge is -2.19. The van der Waals surface area contributed by atoms with Crippen LogP contribution >= 0.6 is 27.3 Å². The molecule has 1 aliphatic heterocycles. The highest BCUT2D eigenvalue weighted by atomic mass is 79.9. The summed E-state index contributed by atoms with van der Waals surface area (Å²) >= 11 is 4.76. The Balaban J connectivity index is 1.46. The van der Waals surface area contributed by atoms with Crippen molar-refractivity contribution < 1.29 is 14.4 Å². The second-order valence-electron chi connectivity index (χ2n) is 6.44. The maximum atomic E-state index is 12.4. The highest BCUT2D eigenvalue weighted by Crippen LogP contribution is 2.38. The number of rotatable bonds is 3. The topological polar surface area (TPSA) is 79.4 Å². The Morgan fingerprint density at radius 2 is 1.92 bits per heavy atom. The van der Waals surface area contributed by atoms with Crippen molar-refractivity contribution in [3.05, 3.63) is 22.7 Å². The third-order valence-electron chi connectivity index (χ3n) is 4.83. The second kappa shape index (κ2) is 6.49. The Bertz CT molecular complexity index is 857. The van der Waals surface area contributed by atoms with E-state index >= 15 is 0 Å². The average molecular weight is 422 g/mol. The van der Waals surface area contributed by atoms with Crippen molar-refractivity contribution >= 4 is 60.3 Å². The summed E-state index contributed by atoms with van der Waals surface area (Å²) in [6.45, 7) is -0.232. The van der Waals surface area contributed by atoms with Crippen molar-refractivity contribution in [3.63, 3.8) is 0 Å². The maximum Gasteiger partial charge on any atom is 0.246 e. The summed E-state index contributed by atoms with van der Waals surface area (Å²) in [5.74, 6) is -1.24. The Kier molecular flexibility index (Phi) is 4.33. The fraction of sp³-hybridized carbons (Fsp3) is 0.412. The number of hydrogen-bond donors (Lipinski definition) is 1. The van der Waals surface area contributed by atoms with Crippen molar-refractivity contribution in [1.82, 2.24) is 9.88 Å². The first kappa shape index (κ1) is 16.7. The van der Waals surface area contributed by atoms with Crippen LogP contribution in [-0.2, 0) is 14.4 Å². The number of fused-ring (bicyclic) bond motifs is 2. The summed E-state index contributed by atoms with van der Waals surface area (Å²) in [6.07, 6.45) is 3.45. The number of nitrogens with zero attached hydrogens (tertiary/aromatic N) is 2. The minimum absolute atomic E-state index is 0.196. The van der Waals surface area contributed by atoms with Gasteiger partial charge in [-0.2, -0.15) is 0 Å². The zero-order valence-corrected chi connectivity index (χ0v) is 15.7. The molecule has 8 heteroatoms. The Labute approximate surface area is 156 Å². The number of halogens is 1. The van der Waals surface area contributed by atoms with Crippen LogP contribution in [0.15, 0.2) is 22.7 Å². The molecule has 1 aromatic carbocycles. The molecule has 130 valence electrons. The van der Waals surface area contributed by atoms with Crippen LogP contribution in [0.2, 0.25) is 0 Å². The van der Waals surface area contributed by atoms with Gasteiger partial charge in [-0.25, -0.2) is 4.98 Å². The second-order valence-corrected chi connectivity index (χ2v) is 8.39. The monoisotopic (exact) mass is 421 g/mol. The average Bonchev–Trinajstić information content (AvgIpc) is 3.09. The standard InChI is InChI=1S/C17H16BrN3O3S/c18-9-5-6-12-13(7-9)25-17(19-12)20-14(22)8-21-15(23)10-3-1-2-4-11(10)16(21)24/h5-7,10-11H,1-4,8H2,(H,19,20,22). The Hall–Kier alpha value is -1.80. The number of imide groups is 1. The molecule has 1 saturated carbocycles. The van der Waals surface area contributed by atoms with Crippen LogP contribution in [-0.4, -0.2) is 34.2 Å². The van der Waals surface area contributed by atoms with E-state index < -0.39 is 5.91 Å². The highest BCUT2D eigenvalue weighted by molar-refractivity contribution is 9.10. The molecular weight excluding hydrogens is 406 g/mol. The van der Waals surface area contributed by atoms with E-state index in [4.69, 9.17) is 0 Å². The summed E-state index contributed by atoms with van der Waals surface area (Å²) in [4.78, 5) is 42.6. The van der Waals surface area contributed by atoms with Crippen LogP contribution in [0.25, 0.3) is 10.2 Å². The molecule has 1 N–H and O–H groups in total. The van der Waals surface area contributed by atoms with Gasteiger partial charge in [0.2, 0.25) is 17.7 Å². The van der Waals surface area contributed by atoms with Crippen LogP contribution in [0.4, 0.5) is 5.13 Å². The van der Waals surface area contributed by atoms with Gasteiger partial charge in [-0.1, -0.05) is 40.1 Å². The van der Waals surface area contributed by atoms with Crippen molar-refractivity contribution in [2.24, 2.45) is 11.8 Å². The lowest BCUT2D eigenvalue weighted by atomic mass is 9.81. The largest absolute Gasteiger partial charge is 0.300 e. The van der Waals surface area contributed by atoms with Gasteiger partial charge in [0, 0.05) is 4.47 Å². The van der Waals surface area contributed by atoms with E-state index in [0.29, 0.717) is 5.13 Å². The Morgan fingerprint density at radius 3 is 2.60 bits per heavy atom. The van der Waals surface area contributed by atoms with Gasteiger partial charge in [-0.05, 0) is 31.0 Å². The quantitative estimate of drug-likeness (QED) is 0.771. The molecular formula is C17H16BrN3O3S. The molecule has 2 aliphatic rings. The highest BCUT2D eigenvalue weighted by Gasteiger charge is 2.48. The van der Waals surface area contributed by atoms with Gasteiger partial charge in [0.1, 0.15) is 6.54 Å². The summed E-state index contributed by atoms with van der Waals surface area (Å²) in [5.41, 5.74) is 0.794. The van der Waals surface area contributed by atoms with E-state index in [2.05, 4.69) is 26.2 Å². The number of carbonyl (C=O) groups is 3. The third kappa shape index (κ3) is 3.08. The van der Waals surface area contributed by atoms with E-state index in [-0.39, 0.29) is 30.2 Å². The van der Waals surface area contributed by atoms with Crippen molar-refractivity contribution in [3.8, 4) is 0 Å². The molecule has 2 unspecified atom stereocenters. The van der Waals surface area contributed by atoms with Gasteiger partial charge in [0.15, 0.2) is 5.13 Å². The van der Waals surface area contributed by atoms with Gasteiger partial charge in [0.25, 0.3) is 0 Å². The lowest BCUT2D eigenvalue weighted by molar-refractivity contribution is -0.142. The minimum Gasteiger partial charge on any atom is -0.300 e. The first-order valence-corrected chi connectivity index (χ1v) is 9.85. The summed E-state index contributed by atoms with van der Waals surface area (Å²) in [6, 6.07) is 5.68. The fourth-order valence-corrected chi connectivity index (χ4v) is 5.08. The number of hydrogen-bond acceptors (Lipinski definition) is 5. The predicted octanol–water partition coefficient (Wildman–Crippen LogP) is 3.17. The molecule has 0 radical (unpaired) electrons. The van der Waals surface area contributed by atoms with Gasteiger partial charge >= 0.3 is 0 Å². The molecule has 1 saturated heterocycles. The number of amides is 3. The lowest BCUT2D eigenvalue weighted by Crippen LogP contribution is -2.38. The maximum absolute atomic E-state index is 12.4. The van der Waals surface area contributed by atoms with Crippen LogP contribution in [0.1, 0.15) is 25.7 Å². The SMILES string of the molecule is O=C(CN1C(=O)C2CCCCC2C1=O)Nc1nc2ccc(Br)cc2s1. The molecule has 1 aliphatic carbocycles. The van der Waals surface area contributed by atoms with Gasteiger partial charge in [-0.3, -0.25) is 19.3 Å². The van der Waals surface area contributed by atoms with Crippen molar-refractivity contribution in [1.29, 1.82) is 0 Å². The normalized spacial score (nSPS) is 23.2. The van der Waals surface area contributed by atoms with Crippen LogP contribution in [0.3, 0.4) is 0 Å². The van der Waals surface area contributed by atoms with E-state index in [1.165, 1.54) is 11.3 Å². The minimum atomic E-state index is -0.390. The van der Waals surface area contributed by atoms with Crippen LogP contribution < -0.4 is 5.32 Å². The Morgan fingerprint density at radius 1 is 1.24 bits per heavy atom. The fourth-order valence-electron chi connectivity index (χ4n) is 3.64. The number of anilines is 1. The van der Waals surface area contributed by atoms with E-state index in [1.807, 2.05) is 18.2 Å². The van der Waals surface area contributed by atoms with Gasteiger partial charge in [-0.15, -0.1) is 0 Å². The molecule has 2 fully saturated rings. The van der Waals surface area contributed by atoms with E-state index in [1.54, 1.807) is 0 Å². The smallest absolute Gasteiger partial charge is 0.246 e.